The molecule has 0 rings (SSSR count). The van der Waals surface area contributed by atoms with Crippen LogP contribution in [0.5, 0.6) is 0 Å². The van der Waals surface area contributed by atoms with E-state index in [2.05, 4.69) is 0 Å². The quantitative estimate of drug-likeness (QED) is 0.237. The van der Waals surface area contributed by atoms with E-state index in [0.29, 0.717) is 0 Å². The molecule has 80 valence electrons. The van der Waals surface area contributed by atoms with Gasteiger partial charge in [-0.25, -0.2) is 0 Å². The summed E-state index contributed by atoms with van der Waals surface area (Å²) in [6.45, 7) is -1.04. The second-order valence-corrected chi connectivity index (χ2v) is 2.70. The van der Waals surface area contributed by atoms with Crippen molar-refractivity contribution in [1.82, 2.24) is 4.90 Å². The molecule has 0 aromatic heterocycles. The molecule has 0 aliphatic heterocycles. The highest BCUT2D eigenvalue weighted by Gasteiger charge is 2.25. The average Bonchev–Trinajstić information content (AvgIpc) is 2.16. The second-order valence-electron chi connectivity index (χ2n) is 2.70. The molecule has 0 amide bonds. The minimum atomic E-state index is -0.788. The van der Waals surface area contributed by atoms with Gasteiger partial charge in [0, 0.05) is 0 Å². The Hall–Kier alpha value is -0.280. The Morgan fingerprint density at radius 2 is 1.00 bits per heavy atom. The normalized spacial score (nSPS) is 18.7. The van der Waals surface area contributed by atoms with Gasteiger partial charge in [-0.2, -0.15) is 0 Å². The van der Waals surface area contributed by atoms with Crippen LogP contribution in [0.25, 0.3) is 0 Å². The zero-order valence-corrected chi connectivity index (χ0v) is 7.37. The maximum atomic E-state index is 8.75. The average molecular weight is 194 g/mol. The molecule has 0 aliphatic rings. The van der Waals surface area contributed by atoms with E-state index in [9.17, 15) is 0 Å². The van der Waals surface area contributed by atoms with Gasteiger partial charge in [0.2, 0.25) is 0 Å². The fourth-order valence-corrected chi connectivity index (χ4v) is 1.02. The largest absolute Gasteiger partial charge is 0.393 e. The Morgan fingerprint density at radius 3 is 1.15 bits per heavy atom. The molecule has 0 spiro atoms. The van der Waals surface area contributed by atoms with E-state index in [1.807, 2.05) is 0 Å². The van der Waals surface area contributed by atoms with Gasteiger partial charge < -0.3 is 32.5 Å². The molecule has 0 saturated carbocycles. The van der Waals surface area contributed by atoms with Gasteiger partial charge in [-0.05, 0) is 0 Å². The van der Waals surface area contributed by atoms with Crippen LogP contribution >= 0.6 is 0 Å². The third kappa shape index (κ3) is 3.53. The lowest BCUT2D eigenvalue weighted by Gasteiger charge is -2.35. The maximum Gasteiger partial charge on any atom is 0.0837 e. The van der Waals surface area contributed by atoms with Gasteiger partial charge in [0.25, 0.3) is 0 Å². The molecule has 0 saturated heterocycles. The van der Waals surface area contributed by atoms with Crippen LogP contribution in [0.15, 0.2) is 0 Å². The number of aliphatic hydroxyl groups excluding tert-OH is 3. The summed E-state index contributed by atoms with van der Waals surface area (Å²) in [4.78, 5) is 1.25. The predicted octanol–water partition coefficient (Wildman–Crippen LogP) is -3.88. The first-order valence-electron chi connectivity index (χ1n) is 3.95. The van der Waals surface area contributed by atoms with Crippen molar-refractivity contribution in [3.8, 4) is 0 Å². The molecule has 0 heterocycles. The van der Waals surface area contributed by atoms with Gasteiger partial charge in [0.15, 0.2) is 0 Å². The molecule has 13 heavy (non-hydrogen) atoms. The molecule has 3 atom stereocenters. The highest BCUT2D eigenvalue weighted by atomic mass is 16.3. The summed E-state index contributed by atoms with van der Waals surface area (Å²) >= 11 is 0. The molecule has 0 aromatic rings. The van der Waals surface area contributed by atoms with Gasteiger partial charge in [-0.3, -0.25) is 4.90 Å². The standard InChI is InChI=1S/C6H18N4O3/c7-4(1-11)10(5(8)2-12)6(9)3-13/h4-6,11-13H,1-3,7-9H2. The minimum Gasteiger partial charge on any atom is -0.393 e. The molecular weight excluding hydrogens is 176 g/mol. The number of nitrogens with two attached hydrogens (primary N) is 3. The van der Waals surface area contributed by atoms with Crippen molar-refractivity contribution in [2.75, 3.05) is 19.8 Å². The van der Waals surface area contributed by atoms with Gasteiger partial charge in [0.1, 0.15) is 0 Å². The smallest absolute Gasteiger partial charge is 0.0837 e. The van der Waals surface area contributed by atoms with E-state index >= 15 is 0 Å². The second kappa shape index (κ2) is 6.22. The van der Waals surface area contributed by atoms with Gasteiger partial charge in [0.05, 0.1) is 38.3 Å². The predicted molar refractivity (Wildman–Crippen MR) is 47.0 cm³/mol. The molecule has 3 unspecified atom stereocenters. The van der Waals surface area contributed by atoms with Crippen molar-refractivity contribution in [2.24, 2.45) is 17.2 Å². The highest BCUT2D eigenvalue weighted by Crippen LogP contribution is 2.00. The number of hydrogen-bond donors (Lipinski definition) is 6. The van der Waals surface area contributed by atoms with Crippen LogP contribution < -0.4 is 17.2 Å². The topological polar surface area (TPSA) is 142 Å². The Kier molecular flexibility index (Phi) is 6.08. The Morgan fingerprint density at radius 1 is 0.769 bits per heavy atom. The molecule has 0 bridgehead atoms. The summed E-state index contributed by atoms with van der Waals surface area (Å²) in [5.74, 6) is 0. The molecule has 0 fully saturated rings. The molecule has 0 aromatic carbocycles. The molecule has 7 heteroatoms. The Balaban J connectivity index is 4.34. The lowest BCUT2D eigenvalue weighted by molar-refractivity contribution is 0.00360. The first-order valence-corrected chi connectivity index (χ1v) is 3.95. The Labute approximate surface area is 76.7 Å². The van der Waals surface area contributed by atoms with Crippen LogP contribution in [0.1, 0.15) is 0 Å². The number of hydrogen-bond acceptors (Lipinski definition) is 7. The number of nitrogens with zero attached hydrogens (tertiary/aromatic N) is 1. The third-order valence-electron chi connectivity index (χ3n) is 1.71. The monoisotopic (exact) mass is 194 g/mol. The molecule has 0 radical (unpaired) electrons. The van der Waals surface area contributed by atoms with Crippen molar-refractivity contribution in [3.05, 3.63) is 0 Å². The summed E-state index contributed by atoms with van der Waals surface area (Å²) < 4.78 is 0. The minimum absolute atomic E-state index is 0.346. The van der Waals surface area contributed by atoms with Gasteiger partial charge in [-0.15, -0.1) is 0 Å². The summed E-state index contributed by atoms with van der Waals surface area (Å²) in [7, 11) is 0. The number of rotatable bonds is 6. The summed E-state index contributed by atoms with van der Waals surface area (Å²) in [5, 5.41) is 26.3. The molecule has 0 aliphatic carbocycles. The lowest BCUT2D eigenvalue weighted by atomic mass is 10.3. The summed E-state index contributed by atoms with van der Waals surface area (Å²) in [6.07, 6.45) is -2.36. The van der Waals surface area contributed by atoms with E-state index in [4.69, 9.17) is 32.5 Å². The lowest BCUT2D eigenvalue weighted by Crippen LogP contribution is -2.63. The molecule has 9 N–H and O–H groups in total. The van der Waals surface area contributed by atoms with E-state index in [0.717, 1.165) is 0 Å². The van der Waals surface area contributed by atoms with Crippen LogP contribution in [0.2, 0.25) is 0 Å². The van der Waals surface area contributed by atoms with Crippen LogP contribution in [-0.4, -0.2) is 58.5 Å². The summed E-state index contributed by atoms with van der Waals surface area (Å²) in [6, 6.07) is 0. The summed E-state index contributed by atoms with van der Waals surface area (Å²) in [5.41, 5.74) is 16.4. The fourth-order valence-electron chi connectivity index (χ4n) is 1.02. The zero-order valence-electron chi connectivity index (χ0n) is 7.37. The number of aliphatic hydroxyl groups is 3. The van der Waals surface area contributed by atoms with E-state index in [-0.39, 0.29) is 19.8 Å². The molecular formula is C6H18N4O3. The van der Waals surface area contributed by atoms with Crippen LogP contribution in [0, 0.1) is 0 Å². The van der Waals surface area contributed by atoms with Crippen LogP contribution in [-0.2, 0) is 0 Å². The van der Waals surface area contributed by atoms with Crippen LogP contribution in [0.3, 0.4) is 0 Å². The van der Waals surface area contributed by atoms with Gasteiger partial charge >= 0.3 is 0 Å². The maximum absolute atomic E-state index is 8.75. The van der Waals surface area contributed by atoms with Crippen molar-refractivity contribution in [3.63, 3.8) is 0 Å². The third-order valence-corrected chi connectivity index (χ3v) is 1.71. The zero-order chi connectivity index (χ0) is 10.4. The first-order chi connectivity index (χ1) is 6.08. The highest BCUT2D eigenvalue weighted by molar-refractivity contribution is 4.75. The van der Waals surface area contributed by atoms with Gasteiger partial charge in [-0.1, -0.05) is 0 Å². The van der Waals surface area contributed by atoms with E-state index < -0.39 is 18.5 Å². The van der Waals surface area contributed by atoms with Crippen molar-refractivity contribution in [1.29, 1.82) is 0 Å². The van der Waals surface area contributed by atoms with E-state index in [1.54, 1.807) is 0 Å². The van der Waals surface area contributed by atoms with E-state index in [1.165, 1.54) is 4.90 Å². The molecule has 7 nitrogen and oxygen atoms in total. The fraction of sp³-hybridized carbons (Fsp3) is 1.00. The Bertz CT molecular complexity index is 113. The first kappa shape index (κ1) is 12.7. The van der Waals surface area contributed by atoms with Crippen molar-refractivity contribution < 1.29 is 15.3 Å². The van der Waals surface area contributed by atoms with Crippen molar-refractivity contribution >= 4 is 0 Å². The van der Waals surface area contributed by atoms with Crippen LogP contribution in [0.4, 0.5) is 0 Å². The SMILES string of the molecule is NC(CO)N(C(N)CO)C(N)CO. The van der Waals surface area contributed by atoms with Crippen molar-refractivity contribution in [2.45, 2.75) is 18.5 Å².